The summed E-state index contributed by atoms with van der Waals surface area (Å²) >= 11 is 5.89. The largest absolute Gasteiger partial charge is 0.361 e. The summed E-state index contributed by atoms with van der Waals surface area (Å²) < 4.78 is 0. The van der Waals surface area contributed by atoms with Crippen molar-refractivity contribution in [3.63, 3.8) is 0 Å². The van der Waals surface area contributed by atoms with Crippen molar-refractivity contribution >= 4 is 46.2 Å². The third-order valence-corrected chi connectivity index (χ3v) is 4.29. The van der Waals surface area contributed by atoms with Gasteiger partial charge in [0.15, 0.2) is 0 Å². The Labute approximate surface area is 161 Å². The van der Waals surface area contributed by atoms with E-state index < -0.39 is 0 Å². The highest BCUT2D eigenvalue weighted by Crippen LogP contribution is 2.19. The fourth-order valence-electron chi connectivity index (χ4n) is 2.64. The van der Waals surface area contributed by atoms with E-state index >= 15 is 0 Å². The van der Waals surface area contributed by atoms with Gasteiger partial charge in [0.1, 0.15) is 0 Å². The topological polar surface area (TPSA) is 86.3 Å². The quantitative estimate of drug-likeness (QED) is 0.444. The van der Waals surface area contributed by atoms with Crippen LogP contribution in [0.5, 0.6) is 0 Å². The lowest BCUT2D eigenvalue weighted by atomic mass is 10.2. The molecule has 2 aromatic carbocycles. The molecule has 0 atom stereocenters. The van der Waals surface area contributed by atoms with Crippen LogP contribution in [0.15, 0.2) is 53.8 Å². The molecule has 3 aromatic rings. The maximum absolute atomic E-state index is 12.0. The molecule has 6 nitrogen and oxygen atoms in total. The van der Waals surface area contributed by atoms with Crippen LogP contribution in [-0.4, -0.2) is 23.0 Å². The summed E-state index contributed by atoms with van der Waals surface area (Å²) in [5.41, 5.74) is 5.87. The van der Waals surface area contributed by atoms with Crippen molar-refractivity contribution in [3.05, 3.63) is 64.8 Å². The number of amides is 2. The first-order chi connectivity index (χ1) is 13.0. The number of H-pyrrole nitrogens is 1. The molecule has 27 heavy (non-hydrogen) atoms. The molecule has 0 fully saturated rings. The highest BCUT2D eigenvalue weighted by Gasteiger charge is 2.08. The summed E-state index contributed by atoms with van der Waals surface area (Å²) in [6.45, 7) is 1.85. The first-order valence-electron chi connectivity index (χ1n) is 8.47. The smallest absolute Gasteiger partial charge is 0.240 e. The van der Waals surface area contributed by atoms with Crippen LogP contribution in [0.3, 0.4) is 0 Å². The lowest BCUT2D eigenvalue weighted by molar-refractivity contribution is -0.124. The molecule has 2 amide bonds. The van der Waals surface area contributed by atoms with Gasteiger partial charge in [-0.1, -0.05) is 29.8 Å². The van der Waals surface area contributed by atoms with Crippen LogP contribution in [0.25, 0.3) is 10.9 Å². The van der Waals surface area contributed by atoms with Gasteiger partial charge >= 0.3 is 0 Å². The molecule has 138 valence electrons. The van der Waals surface area contributed by atoms with E-state index in [9.17, 15) is 9.59 Å². The molecule has 0 bridgehead atoms. The predicted molar refractivity (Wildman–Crippen MR) is 108 cm³/mol. The average molecular weight is 383 g/mol. The minimum absolute atomic E-state index is 0.0453. The van der Waals surface area contributed by atoms with Crippen LogP contribution in [0.1, 0.15) is 24.0 Å². The predicted octanol–water partition coefficient (Wildman–Crippen LogP) is 4.00. The van der Waals surface area contributed by atoms with E-state index in [1.165, 1.54) is 0 Å². The van der Waals surface area contributed by atoms with Gasteiger partial charge in [-0.15, -0.1) is 0 Å². The molecule has 1 heterocycles. The Balaban J connectivity index is 1.47. The summed E-state index contributed by atoms with van der Waals surface area (Å²) in [5.74, 6) is -0.565. The van der Waals surface area contributed by atoms with Crippen LogP contribution < -0.4 is 10.7 Å². The molecule has 0 aliphatic carbocycles. The molecule has 0 aliphatic heterocycles. The molecule has 3 N–H and O–H groups in total. The highest BCUT2D eigenvalue weighted by atomic mass is 35.5. The SMILES string of the molecule is Cc1cc(Cl)ccc1NC(=O)CCC(=O)N/N=C/c1c[nH]c2ccccc12. The van der Waals surface area contributed by atoms with Crippen molar-refractivity contribution in [3.8, 4) is 0 Å². The van der Waals surface area contributed by atoms with Crippen LogP contribution in [0.4, 0.5) is 5.69 Å². The number of anilines is 1. The van der Waals surface area contributed by atoms with Crippen LogP contribution >= 0.6 is 11.6 Å². The van der Waals surface area contributed by atoms with Gasteiger partial charge in [0.25, 0.3) is 0 Å². The van der Waals surface area contributed by atoms with Gasteiger partial charge in [-0.2, -0.15) is 5.10 Å². The molecule has 0 saturated heterocycles. The fourth-order valence-corrected chi connectivity index (χ4v) is 2.86. The maximum Gasteiger partial charge on any atom is 0.240 e. The van der Waals surface area contributed by atoms with E-state index in [0.29, 0.717) is 10.7 Å². The van der Waals surface area contributed by atoms with E-state index in [2.05, 4.69) is 20.8 Å². The number of para-hydroxylation sites is 1. The van der Waals surface area contributed by atoms with E-state index in [1.807, 2.05) is 37.4 Å². The van der Waals surface area contributed by atoms with Crippen molar-refractivity contribution < 1.29 is 9.59 Å². The molecule has 0 radical (unpaired) electrons. The molecule has 1 aromatic heterocycles. The van der Waals surface area contributed by atoms with Gasteiger partial charge in [0.05, 0.1) is 6.21 Å². The molecule has 7 heteroatoms. The Hall–Kier alpha value is -3.12. The number of hydrazone groups is 1. The zero-order valence-electron chi connectivity index (χ0n) is 14.8. The standard InChI is InChI=1S/C20H19ClN4O2/c1-13-10-15(21)6-7-17(13)24-19(26)8-9-20(27)25-23-12-14-11-22-18-5-3-2-4-16(14)18/h2-7,10-12,22H,8-9H2,1H3,(H,24,26)(H,25,27)/b23-12+. The van der Waals surface area contributed by atoms with Crippen LogP contribution in [0, 0.1) is 6.92 Å². The summed E-state index contributed by atoms with van der Waals surface area (Å²) in [5, 5.41) is 8.36. The number of aryl methyl sites for hydroxylation is 1. The van der Waals surface area contributed by atoms with Gasteiger partial charge in [-0.25, -0.2) is 5.43 Å². The molecule has 0 unspecified atom stereocenters. The summed E-state index contributed by atoms with van der Waals surface area (Å²) in [4.78, 5) is 27.0. The third-order valence-electron chi connectivity index (χ3n) is 4.06. The van der Waals surface area contributed by atoms with Crippen molar-refractivity contribution in [2.24, 2.45) is 5.10 Å². The summed E-state index contributed by atoms with van der Waals surface area (Å²) in [6, 6.07) is 13.0. The Bertz CT molecular complexity index is 1010. The first kappa shape index (κ1) is 18.7. The number of nitrogens with zero attached hydrogens (tertiary/aromatic N) is 1. The highest BCUT2D eigenvalue weighted by molar-refractivity contribution is 6.30. The van der Waals surface area contributed by atoms with Gasteiger partial charge in [-0.05, 0) is 36.8 Å². The number of benzene rings is 2. The molecular formula is C20H19ClN4O2. The number of halogens is 1. The second-order valence-corrected chi connectivity index (χ2v) is 6.53. The molecule has 0 saturated carbocycles. The minimum Gasteiger partial charge on any atom is -0.361 e. The molecular weight excluding hydrogens is 364 g/mol. The first-order valence-corrected chi connectivity index (χ1v) is 8.85. The number of nitrogens with one attached hydrogen (secondary N) is 3. The average Bonchev–Trinajstić information content (AvgIpc) is 3.06. The van der Waals surface area contributed by atoms with Crippen molar-refractivity contribution in [1.82, 2.24) is 10.4 Å². The number of aromatic nitrogens is 1. The van der Waals surface area contributed by atoms with Crippen molar-refractivity contribution in [2.75, 3.05) is 5.32 Å². The van der Waals surface area contributed by atoms with E-state index in [-0.39, 0.29) is 24.7 Å². The fraction of sp³-hybridized carbons (Fsp3) is 0.150. The lowest BCUT2D eigenvalue weighted by Gasteiger charge is -2.08. The monoisotopic (exact) mass is 382 g/mol. The summed E-state index contributed by atoms with van der Waals surface area (Å²) in [6.07, 6.45) is 3.51. The van der Waals surface area contributed by atoms with Crippen molar-refractivity contribution in [1.29, 1.82) is 0 Å². The number of fused-ring (bicyclic) bond motifs is 1. The number of aromatic amines is 1. The molecule has 0 spiro atoms. The van der Waals surface area contributed by atoms with Crippen LogP contribution in [-0.2, 0) is 9.59 Å². The minimum atomic E-state index is -0.325. The van der Waals surface area contributed by atoms with Crippen molar-refractivity contribution in [2.45, 2.75) is 19.8 Å². The second-order valence-electron chi connectivity index (χ2n) is 6.09. The zero-order valence-corrected chi connectivity index (χ0v) is 15.5. The van der Waals surface area contributed by atoms with Gasteiger partial charge in [0, 0.05) is 46.2 Å². The number of carbonyl (C=O) groups is 2. The Morgan fingerprint density at radius 1 is 1.15 bits per heavy atom. The lowest BCUT2D eigenvalue weighted by Crippen LogP contribution is -2.20. The second kappa shape index (κ2) is 8.51. The number of rotatable bonds is 6. The van der Waals surface area contributed by atoms with E-state index in [0.717, 1.165) is 22.0 Å². The summed E-state index contributed by atoms with van der Waals surface area (Å²) in [7, 11) is 0. The number of hydrogen-bond acceptors (Lipinski definition) is 3. The van der Waals surface area contributed by atoms with E-state index in [1.54, 1.807) is 24.4 Å². The normalized spacial score (nSPS) is 11.0. The third kappa shape index (κ3) is 4.95. The zero-order chi connectivity index (χ0) is 19.2. The van der Waals surface area contributed by atoms with E-state index in [4.69, 9.17) is 11.6 Å². The molecule has 0 aliphatic rings. The maximum atomic E-state index is 12.0. The number of hydrogen-bond donors (Lipinski definition) is 3. The van der Waals surface area contributed by atoms with Crippen LogP contribution in [0.2, 0.25) is 5.02 Å². The Morgan fingerprint density at radius 2 is 1.93 bits per heavy atom. The Kier molecular flexibility index (Phi) is 5.88. The van der Waals surface area contributed by atoms with Gasteiger partial charge in [-0.3, -0.25) is 9.59 Å². The Morgan fingerprint density at radius 3 is 2.74 bits per heavy atom. The molecule has 3 rings (SSSR count). The number of carbonyl (C=O) groups excluding carboxylic acids is 2. The van der Waals surface area contributed by atoms with Gasteiger partial charge in [0.2, 0.25) is 11.8 Å². The van der Waals surface area contributed by atoms with Gasteiger partial charge < -0.3 is 10.3 Å².